The summed E-state index contributed by atoms with van der Waals surface area (Å²) in [6, 6.07) is 0. The van der Waals surface area contributed by atoms with Crippen LogP contribution >= 0.6 is 0 Å². The Morgan fingerprint density at radius 3 is 2.85 bits per heavy atom. The van der Waals surface area contributed by atoms with E-state index in [2.05, 4.69) is 0 Å². The minimum atomic E-state index is -0.187. The van der Waals surface area contributed by atoms with Crippen molar-refractivity contribution < 1.29 is 14.7 Å². The number of ether oxygens (including phenoxy) is 1. The van der Waals surface area contributed by atoms with E-state index in [-0.39, 0.29) is 11.9 Å². The highest BCUT2D eigenvalue weighted by molar-refractivity contribution is 5.72. The second-order valence-electron chi connectivity index (χ2n) is 3.66. The number of hydroxylamine groups is 2. The maximum absolute atomic E-state index is 11.3. The molecule has 76 valence electrons. The van der Waals surface area contributed by atoms with Crippen LogP contribution in [-0.2, 0) is 9.53 Å². The Hall–Kier alpha value is -0.610. The lowest BCUT2D eigenvalue weighted by molar-refractivity contribution is -0.166. The first-order valence-corrected chi connectivity index (χ1v) is 4.74. The highest BCUT2D eigenvalue weighted by atomic mass is 16.5. The molecule has 1 saturated heterocycles. The lowest BCUT2D eigenvalue weighted by atomic mass is 9.92. The number of hydrogen-bond acceptors (Lipinski definition) is 4. The maximum atomic E-state index is 11.3. The van der Waals surface area contributed by atoms with Crippen LogP contribution in [0, 0.1) is 11.8 Å². The molecule has 0 bridgehead atoms. The molecule has 1 aliphatic heterocycles. The molecular formula is C9H17NO3. The summed E-state index contributed by atoms with van der Waals surface area (Å²) in [6.45, 7) is 5.28. The minimum Gasteiger partial charge on any atom is -0.466 e. The van der Waals surface area contributed by atoms with Gasteiger partial charge in [0, 0.05) is 13.1 Å². The Labute approximate surface area is 78.4 Å². The smallest absolute Gasteiger partial charge is 0.310 e. The van der Waals surface area contributed by atoms with Gasteiger partial charge in [-0.3, -0.25) is 4.79 Å². The fourth-order valence-electron chi connectivity index (χ4n) is 1.75. The number of rotatable bonds is 2. The second-order valence-corrected chi connectivity index (χ2v) is 3.66. The maximum Gasteiger partial charge on any atom is 0.310 e. The van der Waals surface area contributed by atoms with Gasteiger partial charge < -0.3 is 9.94 Å². The first-order chi connectivity index (χ1) is 6.13. The van der Waals surface area contributed by atoms with E-state index in [1.165, 1.54) is 5.06 Å². The number of carbonyl (C=O) groups excluding carboxylic acids is 1. The third-order valence-electron chi connectivity index (χ3n) is 2.26. The summed E-state index contributed by atoms with van der Waals surface area (Å²) in [6.07, 6.45) is 0.815. The topological polar surface area (TPSA) is 49.8 Å². The van der Waals surface area contributed by atoms with Crippen LogP contribution < -0.4 is 0 Å². The first kappa shape index (κ1) is 10.5. The van der Waals surface area contributed by atoms with Crippen molar-refractivity contribution in [2.75, 3.05) is 19.7 Å². The summed E-state index contributed by atoms with van der Waals surface area (Å²) < 4.78 is 4.90. The van der Waals surface area contributed by atoms with Gasteiger partial charge in [0.2, 0.25) is 0 Å². The van der Waals surface area contributed by atoms with E-state index in [4.69, 9.17) is 4.74 Å². The van der Waals surface area contributed by atoms with Gasteiger partial charge in [0.25, 0.3) is 0 Å². The Balaban J connectivity index is 2.45. The van der Waals surface area contributed by atoms with Gasteiger partial charge in [0.15, 0.2) is 0 Å². The van der Waals surface area contributed by atoms with Gasteiger partial charge in [-0.1, -0.05) is 6.92 Å². The summed E-state index contributed by atoms with van der Waals surface area (Å²) in [5.41, 5.74) is 0. The summed E-state index contributed by atoms with van der Waals surface area (Å²) in [4.78, 5) is 11.3. The molecule has 0 radical (unpaired) electrons. The lowest BCUT2D eigenvalue weighted by Gasteiger charge is -2.30. The molecule has 4 nitrogen and oxygen atoms in total. The van der Waals surface area contributed by atoms with Crippen molar-refractivity contribution in [3.8, 4) is 0 Å². The van der Waals surface area contributed by atoms with E-state index in [1.807, 2.05) is 6.92 Å². The molecule has 0 aromatic rings. The molecule has 13 heavy (non-hydrogen) atoms. The van der Waals surface area contributed by atoms with E-state index < -0.39 is 0 Å². The number of nitrogens with zero attached hydrogens (tertiary/aromatic N) is 1. The van der Waals surface area contributed by atoms with E-state index in [0.29, 0.717) is 25.6 Å². The predicted octanol–water partition coefficient (Wildman–Crippen LogP) is 0.897. The van der Waals surface area contributed by atoms with Gasteiger partial charge in [0.1, 0.15) is 0 Å². The van der Waals surface area contributed by atoms with Crippen LogP contribution in [0.2, 0.25) is 0 Å². The standard InChI is InChI=1S/C9H17NO3/c1-3-13-9(11)8-4-7(2)5-10(12)6-8/h7-8,12H,3-6H2,1-2H3/t7-,8-/m1/s1. The SMILES string of the molecule is CCOC(=O)[C@@H]1C[C@@H](C)CN(O)C1. The van der Waals surface area contributed by atoms with E-state index >= 15 is 0 Å². The molecule has 1 fully saturated rings. The molecule has 0 aromatic carbocycles. The molecule has 0 unspecified atom stereocenters. The van der Waals surface area contributed by atoms with Crippen molar-refractivity contribution >= 4 is 5.97 Å². The molecule has 1 rings (SSSR count). The molecular weight excluding hydrogens is 170 g/mol. The van der Waals surface area contributed by atoms with Crippen molar-refractivity contribution in [2.45, 2.75) is 20.3 Å². The normalized spacial score (nSPS) is 30.1. The molecule has 2 atom stereocenters. The molecule has 0 amide bonds. The van der Waals surface area contributed by atoms with Crippen molar-refractivity contribution in [2.24, 2.45) is 11.8 Å². The third kappa shape index (κ3) is 2.97. The zero-order chi connectivity index (χ0) is 9.84. The van der Waals surface area contributed by atoms with Crippen molar-refractivity contribution in [3.63, 3.8) is 0 Å². The third-order valence-corrected chi connectivity index (χ3v) is 2.26. The Kier molecular flexibility index (Phi) is 3.69. The van der Waals surface area contributed by atoms with Crippen molar-refractivity contribution in [1.82, 2.24) is 5.06 Å². The lowest BCUT2D eigenvalue weighted by Crippen LogP contribution is -2.41. The zero-order valence-corrected chi connectivity index (χ0v) is 8.19. The summed E-state index contributed by atoms with van der Waals surface area (Å²) in [5.74, 6) is 0.00922. The molecule has 4 heteroatoms. The molecule has 1 N–H and O–H groups in total. The van der Waals surface area contributed by atoms with Crippen molar-refractivity contribution in [3.05, 3.63) is 0 Å². The van der Waals surface area contributed by atoms with Crippen LogP contribution in [0.1, 0.15) is 20.3 Å². The highest BCUT2D eigenvalue weighted by Crippen LogP contribution is 2.21. The number of carbonyl (C=O) groups is 1. The quantitative estimate of drug-likeness (QED) is 0.652. The van der Waals surface area contributed by atoms with E-state index in [9.17, 15) is 10.0 Å². The minimum absolute atomic E-state index is 0.159. The van der Waals surface area contributed by atoms with Gasteiger partial charge in [-0.2, -0.15) is 5.06 Å². The van der Waals surface area contributed by atoms with Gasteiger partial charge in [-0.25, -0.2) is 0 Å². The largest absolute Gasteiger partial charge is 0.466 e. The highest BCUT2D eigenvalue weighted by Gasteiger charge is 2.29. The van der Waals surface area contributed by atoms with Crippen LogP contribution in [-0.4, -0.2) is 35.9 Å². The molecule has 1 heterocycles. The Bertz CT molecular complexity index is 174. The zero-order valence-electron chi connectivity index (χ0n) is 8.19. The van der Waals surface area contributed by atoms with Gasteiger partial charge in [0.05, 0.1) is 12.5 Å². The van der Waals surface area contributed by atoms with Crippen LogP contribution in [0.4, 0.5) is 0 Å². The van der Waals surface area contributed by atoms with Gasteiger partial charge >= 0.3 is 5.97 Å². The van der Waals surface area contributed by atoms with E-state index in [1.54, 1.807) is 6.92 Å². The van der Waals surface area contributed by atoms with Crippen LogP contribution in [0.5, 0.6) is 0 Å². The van der Waals surface area contributed by atoms with E-state index in [0.717, 1.165) is 6.42 Å². The average Bonchev–Trinajstić information content (AvgIpc) is 2.03. The van der Waals surface area contributed by atoms with Crippen LogP contribution in [0.15, 0.2) is 0 Å². The molecule has 0 spiro atoms. The number of hydrogen-bond donors (Lipinski definition) is 1. The number of esters is 1. The predicted molar refractivity (Wildman–Crippen MR) is 47.3 cm³/mol. The fourth-order valence-corrected chi connectivity index (χ4v) is 1.75. The summed E-state index contributed by atoms with van der Waals surface area (Å²) >= 11 is 0. The molecule has 1 aliphatic rings. The Morgan fingerprint density at radius 1 is 1.62 bits per heavy atom. The number of piperidine rings is 1. The van der Waals surface area contributed by atoms with Gasteiger partial charge in [-0.15, -0.1) is 0 Å². The summed E-state index contributed by atoms with van der Waals surface area (Å²) in [7, 11) is 0. The Morgan fingerprint density at radius 2 is 2.31 bits per heavy atom. The molecule has 0 saturated carbocycles. The first-order valence-electron chi connectivity index (χ1n) is 4.74. The van der Waals surface area contributed by atoms with Crippen LogP contribution in [0.25, 0.3) is 0 Å². The molecule has 0 aliphatic carbocycles. The average molecular weight is 187 g/mol. The summed E-state index contributed by atoms with van der Waals surface area (Å²) in [5, 5.41) is 10.5. The molecule has 0 aromatic heterocycles. The van der Waals surface area contributed by atoms with Crippen LogP contribution in [0.3, 0.4) is 0 Å². The second kappa shape index (κ2) is 4.58. The van der Waals surface area contributed by atoms with Crippen molar-refractivity contribution in [1.29, 1.82) is 0 Å². The monoisotopic (exact) mass is 187 g/mol. The fraction of sp³-hybridized carbons (Fsp3) is 0.889. The van der Waals surface area contributed by atoms with Gasteiger partial charge in [-0.05, 0) is 19.3 Å².